The lowest BCUT2D eigenvalue weighted by Gasteiger charge is -2.16. The van der Waals surface area contributed by atoms with Crippen LogP contribution < -0.4 is 5.19 Å². The van der Waals surface area contributed by atoms with Gasteiger partial charge in [-0.05, 0) is 23.9 Å². The lowest BCUT2D eigenvalue weighted by atomic mass is 10.00. The van der Waals surface area contributed by atoms with Crippen LogP contribution in [0.15, 0.2) is 30.3 Å². The highest BCUT2D eigenvalue weighted by Gasteiger charge is 2.24. The van der Waals surface area contributed by atoms with Gasteiger partial charge >= 0.3 is 0 Å². The standard InChI is InChI=1S/C16H22Si/c1-14-8-7-9-15(14)12-13-17(2,3)16-10-5-4-6-11-16/h4-6,10-11,14-15H,7-9H2,1-3H3/t14-,15-/m1/s1. The van der Waals surface area contributed by atoms with Crippen molar-refractivity contribution in [1.82, 2.24) is 0 Å². The minimum Gasteiger partial charge on any atom is -0.126 e. The van der Waals surface area contributed by atoms with Crippen molar-refractivity contribution >= 4 is 13.3 Å². The minimum absolute atomic E-state index is 0.658. The average molecular weight is 242 g/mol. The Kier molecular flexibility index (Phi) is 3.74. The van der Waals surface area contributed by atoms with Crippen LogP contribution in [0.2, 0.25) is 13.1 Å². The van der Waals surface area contributed by atoms with Crippen molar-refractivity contribution in [3.8, 4) is 11.5 Å². The van der Waals surface area contributed by atoms with Gasteiger partial charge in [0.15, 0.2) is 8.07 Å². The summed E-state index contributed by atoms with van der Waals surface area (Å²) in [6.45, 7) is 7.06. The van der Waals surface area contributed by atoms with E-state index in [1.165, 1.54) is 24.4 Å². The predicted octanol–water partition coefficient (Wildman–Crippen LogP) is 3.58. The fourth-order valence-corrected chi connectivity index (χ4v) is 4.28. The topological polar surface area (TPSA) is 0 Å². The largest absolute Gasteiger partial charge is 0.162 e. The molecule has 1 aliphatic carbocycles. The minimum atomic E-state index is -1.54. The first-order chi connectivity index (χ1) is 8.09. The van der Waals surface area contributed by atoms with Crippen LogP contribution in [0.1, 0.15) is 26.2 Å². The average Bonchev–Trinajstić information content (AvgIpc) is 2.74. The Bertz CT molecular complexity index is 422. The van der Waals surface area contributed by atoms with Crippen LogP contribution in [0.4, 0.5) is 0 Å². The molecule has 0 aromatic heterocycles. The molecule has 0 aliphatic heterocycles. The molecule has 1 aromatic carbocycles. The molecule has 17 heavy (non-hydrogen) atoms. The first-order valence-corrected chi connectivity index (χ1v) is 9.68. The van der Waals surface area contributed by atoms with Crippen LogP contribution in [-0.4, -0.2) is 8.07 Å². The zero-order chi connectivity index (χ0) is 12.3. The molecule has 2 atom stereocenters. The molecule has 0 heterocycles. The molecule has 1 fully saturated rings. The molecule has 1 aliphatic rings. The van der Waals surface area contributed by atoms with E-state index in [1.807, 2.05) is 0 Å². The zero-order valence-corrected chi connectivity index (χ0v) is 12.2. The van der Waals surface area contributed by atoms with Crippen molar-refractivity contribution in [2.24, 2.45) is 11.8 Å². The third-order valence-electron chi connectivity index (χ3n) is 3.93. The van der Waals surface area contributed by atoms with Crippen molar-refractivity contribution in [2.45, 2.75) is 39.3 Å². The van der Waals surface area contributed by atoms with Crippen LogP contribution in [0.3, 0.4) is 0 Å². The normalized spacial score (nSPS) is 24.2. The maximum absolute atomic E-state index is 3.64. The molecule has 1 heteroatoms. The lowest BCUT2D eigenvalue weighted by Crippen LogP contribution is -2.40. The Morgan fingerprint density at radius 2 is 1.82 bits per heavy atom. The summed E-state index contributed by atoms with van der Waals surface area (Å²) in [6, 6.07) is 10.8. The fraction of sp³-hybridized carbons (Fsp3) is 0.500. The summed E-state index contributed by atoms with van der Waals surface area (Å²) >= 11 is 0. The van der Waals surface area contributed by atoms with E-state index in [-0.39, 0.29) is 0 Å². The summed E-state index contributed by atoms with van der Waals surface area (Å²) in [4.78, 5) is 0. The highest BCUT2D eigenvalue weighted by Crippen LogP contribution is 2.30. The molecule has 0 nitrogen and oxygen atoms in total. The molecule has 0 radical (unpaired) electrons. The second-order valence-corrected chi connectivity index (χ2v) is 9.85. The van der Waals surface area contributed by atoms with Crippen molar-refractivity contribution in [3.05, 3.63) is 30.3 Å². The smallest absolute Gasteiger partial charge is 0.126 e. The molecule has 90 valence electrons. The maximum Gasteiger partial charge on any atom is 0.162 e. The fourth-order valence-electron chi connectivity index (χ4n) is 2.56. The Hall–Kier alpha value is -1.00. The van der Waals surface area contributed by atoms with Crippen LogP contribution in [0, 0.1) is 23.3 Å². The third kappa shape index (κ3) is 3.01. The van der Waals surface area contributed by atoms with Crippen LogP contribution in [-0.2, 0) is 0 Å². The molecule has 2 rings (SSSR count). The van der Waals surface area contributed by atoms with Crippen molar-refractivity contribution < 1.29 is 0 Å². The van der Waals surface area contributed by atoms with Crippen LogP contribution in [0.5, 0.6) is 0 Å². The van der Waals surface area contributed by atoms with Crippen molar-refractivity contribution in [1.29, 1.82) is 0 Å². The van der Waals surface area contributed by atoms with Crippen LogP contribution in [0.25, 0.3) is 0 Å². The second kappa shape index (κ2) is 5.10. The number of rotatable bonds is 1. The van der Waals surface area contributed by atoms with Gasteiger partial charge < -0.3 is 0 Å². The van der Waals surface area contributed by atoms with E-state index in [4.69, 9.17) is 0 Å². The van der Waals surface area contributed by atoms with Gasteiger partial charge in [-0.1, -0.05) is 56.8 Å². The van der Waals surface area contributed by atoms with Gasteiger partial charge in [0, 0.05) is 5.92 Å². The first-order valence-electron chi connectivity index (χ1n) is 6.68. The summed E-state index contributed by atoms with van der Waals surface area (Å²) in [5.74, 6) is 5.05. The van der Waals surface area contributed by atoms with Gasteiger partial charge in [0.2, 0.25) is 0 Å². The molecule has 0 spiro atoms. The van der Waals surface area contributed by atoms with E-state index < -0.39 is 8.07 Å². The molecule has 0 bridgehead atoms. The molecule has 1 saturated carbocycles. The summed E-state index contributed by atoms with van der Waals surface area (Å²) in [5.41, 5.74) is 3.64. The van der Waals surface area contributed by atoms with Gasteiger partial charge in [0.25, 0.3) is 0 Å². The molecule has 0 N–H and O–H groups in total. The SMILES string of the molecule is C[C@@H]1CCC[C@@H]1C#C[Si](C)(C)c1ccccc1. The highest BCUT2D eigenvalue weighted by atomic mass is 28.3. The van der Waals surface area contributed by atoms with Gasteiger partial charge in [-0.2, -0.15) is 0 Å². The quantitative estimate of drug-likeness (QED) is 0.521. The van der Waals surface area contributed by atoms with Crippen molar-refractivity contribution in [3.63, 3.8) is 0 Å². The van der Waals surface area contributed by atoms with E-state index in [1.54, 1.807) is 0 Å². The van der Waals surface area contributed by atoms with E-state index in [0.717, 1.165) is 5.92 Å². The molecule has 0 saturated heterocycles. The Balaban J connectivity index is 2.15. The predicted molar refractivity (Wildman–Crippen MR) is 77.8 cm³/mol. The molecular formula is C16H22Si. The first kappa shape index (κ1) is 12.5. The summed E-state index contributed by atoms with van der Waals surface area (Å²) in [7, 11) is -1.54. The monoisotopic (exact) mass is 242 g/mol. The summed E-state index contributed by atoms with van der Waals surface area (Å²) in [5, 5.41) is 1.46. The van der Waals surface area contributed by atoms with Crippen LogP contribution >= 0.6 is 0 Å². The Morgan fingerprint density at radius 1 is 1.12 bits per heavy atom. The zero-order valence-electron chi connectivity index (χ0n) is 11.2. The summed E-state index contributed by atoms with van der Waals surface area (Å²) in [6.07, 6.45) is 4.05. The van der Waals surface area contributed by atoms with E-state index in [9.17, 15) is 0 Å². The van der Waals surface area contributed by atoms with E-state index >= 15 is 0 Å². The van der Waals surface area contributed by atoms with Gasteiger partial charge in [0.05, 0.1) is 0 Å². The number of hydrogen-bond acceptors (Lipinski definition) is 0. The Labute approximate surface area is 106 Å². The van der Waals surface area contributed by atoms with Gasteiger partial charge in [-0.3, -0.25) is 0 Å². The molecule has 0 amide bonds. The van der Waals surface area contributed by atoms with Gasteiger partial charge in [-0.25, -0.2) is 0 Å². The van der Waals surface area contributed by atoms with Gasteiger partial charge in [0.1, 0.15) is 0 Å². The number of benzene rings is 1. The highest BCUT2D eigenvalue weighted by molar-refractivity contribution is 6.96. The maximum atomic E-state index is 3.64. The Morgan fingerprint density at radius 3 is 2.41 bits per heavy atom. The third-order valence-corrected chi connectivity index (χ3v) is 6.47. The lowest BCUT2D eigenvalue weighted by molar-refractivity contribution is 0.519. The van der Waals surface area contributed by atoms with E-state index in [2.05, 4.69) is 61.8 Å². The molecule has 0 unspecified atom stereocenters. The molecule has 1 aromatic rings. The van der Waals surface area contributed by atoms with Crippen molar-refractivity contribution in [2.75, 3.05) is 0 Å². The van der Waals surface area contributed by atoms with E-state index in [0.29, 0.717) is 5.92 Å². The summed E-state index contributed by atoms with van der Waals surface area (Å²) < 4.78 is 0. The van der Waals surface area contributed by atoms with Gasteiger partial charge in [-0.15, -0.1) is 11.5 Å². The molecular weight excluding hydrogens is 220 g/mol. The second-order valence-electron chi connectivity index (χ2n) is 5.78. The number of hydrogen-bond donors (Lipinski definition) is 0.